The maximum atomic E-state index is 12.3. The minimum Gasteiger partial charge on any atom is -0.347 e. The number of amides is 1. The molecule has 2 N–H and O–H groups in total. The van der Waals surface area contributed by atoms with E-state index in [2.05, 4.69) is 22.8 Å². The van der Waals surface area contributed by atoms with E-state index in [4.69, 9.17) is 0 Å². The predicted octanol–water partition coefficient (Wildman–Crippen LogP) is 2.18. The number of hydrogen-bond acceptors (Lipinski definition) is 3. The van der Waals surface area contributed by atoms with Crippen molar-refractivity contribution in [3.8, 4) is 0 Å². The molecule has 0 aliphatic carbocycles. The van der Waals surface area contributed by atoms with Crippen molar-refractivity contribution < 1.29 is 9.59 Å². The van der Waals surface area contributed by atoms with Gasteiger partial charge in [0.2, 0.25) is 0 Å². The summed E-state index contributed by atoms with van der Waals surface area (Å²) in [6.45, 7) is 3.78. The van der Waals surface area contributed by atoms with Gasteiger partial charge in [0.1, 0.15) is 5.69 Å². The number of Topliss-reactive ketones (excluding diaryl/α,β-unsaturated/α-hetero) is 1. The fourth-order valence-electron chi connectivity index (χ4n) is 2.71. The second kappa shape index (κ2) is 6.98. The zero-order chi connectivity index (χ0) is 15.7. The van der Waals surface area contributed by atoms with Crippen LogP contribution in [0.3, 0.4) is 0 Å². The van der Waals surface area contributed by atoms with E-state index in [0.717, 1.165) is 18.7 Å². The SMILES string of the molecule is CC(=O)c1cc(C(=O)NCc2ccc3c(c2)CNC3)n(C)c1.Cl. The van der Waals surface area contributed by atoms with Gasteiger partial charge in [-0.3, -0.25) is 9.59 Å². The van der Waals surface area contributed by atoms with Crippen molar-refractivity contribution in [2.75, 3.05) is 0 Å². The summed E-state index contributed by atoms with van der Waals surface area (Å²) in [5.74, 6) is -0.214. The molecule has 1 aromatic carbocycles. The molecule has 1 aliphatic heterocycles. The average Bonchev–Trinajstić information content (AvgIpc) is 3.10. The number of hydrogen-bond donors (Lipinski definition) is 2. The van der Waals surface area contributed by atoms with E-state index in [1.165, 1.54) is 18.1 Å². The first-order chi connectivity index (χ1) is 10.5. The molecule has 0 fully saturated rings. The molecule has 1 aromatic heterocycles. The third-order valence-corrected chi connectivity index (χ3v) is 4.00. The number of aromatic nitrogens is 1. The Balaban J connectivity index is 0.00000192. The van der Waals surface area contributed by atoms with Crippen LogP contribution in [0.4, 0.5) is 0 Å². The molecular weight excluding hydrogens is 314 g/mol. The van der Waals surface area contributed by atoms with Crippen molar-refractivity contribution in [1.82, 2.24) is 15.2 Å². The lowest BCUT2D eigenvalue weighted by Gasteiger charge is -2.07. The molecule has 0 spiro atoms. The van der Waals surface area contributed by atoms with Crippen LogP contribution >= 0.6 is 12.4 Å². The van der Waals surface area contributed by atoms with Crippen LogP contribution in [0.1, 0.15) is 44.5 Å². The fourth-order valence-corrected chi connectivity index (χ4v) is 2.71. The number of fused-ring (bicyclic) bond motifs is 1. The summed E-state index contributed by atoms with van der Waals surface area (Å²) < 4.78 is 1.68. The van der Waals surface area contributed by atoms with Gasteiger partial charge in [0, 0.05) is 38.4 Å². The molecule has 0 radical (unpaired) electrons. The summed E-state index contributed by atoms with van der Waals surface area (Å²) in [5, 5.41) is 6.21. The van der Waals surface area contributed by atoms with Gasteiger partial charge in [-0.15, -0.1) is 12.4 Å². The van der Waals surface area contributed by atoms with Crippen molar-refractivity contribution in [2.45, 2.75) is 26.6 Å². The van der Waals surface area contributed by atoms with Gasteiger partial charge >= 0.3 is 0 Å². The molecule has 0 saturated carbocycles. The van der Waals surface area contributed by atoms with Gasteiger partial charge in [0.15, 0.2) is 5.78 Å². The van der Waals surface area contributed by atoms with Crippen molar-refractivity contribution in [3.63, 3.8) is 0 Å². The Labute approximate surface area is 141 Å². The van der Waals surface area contributed by atoms with Crippen molar-refractivity contribution in [3.05, 3.63) is 58.4 Å². The molecule has 1 aliphatic rings. The first-order valence-corrected chi connectivity index (χ1v) is 7.31. The van der Waals surface area contributed by atoms with Crippen LogP contribution in [0.15, 0.2) is 30.5 Å². The molecule has 2 aromatic rings. The molecule has 6 heteroatoms. The molecule has 122 valence electrons. The Kier molecular flexibility index (Phi) is 5.23. The largest absolute Gasteiger partial charge is 0.347 e. The van der Waals surface area contributed by atoms with Crippen LogP contribution in [0, 0.1) is 0 Å². The number of rotatable bonds is 4. The monoisotopic (exact) mass is 333 g/mol. The Bertz CT molecular complexity index is 752. The van der Waals surface area contributed by atoms with E-state index < -0.39 is 0 Å². The molecular formula is C17H20ClN3O2. The maximum Gasteiger partial charge on any atom is 0.268 e. The molecule has 0 saturated heterocycles. The zero-order valence-corrected chi connectivity index (χ0v) is 14.0. The molecule has 0 bridgehead atoms. The molecule has 5 nitrogen and oxygen atoms in total. The number of carbonyl (C=O) groups is 2. The van der Waals surface area contributed by atoms with Crippen molar-refractivity contribution >= 4 is 24.1 Å². The fraction of sp³-hybridized carbons (Fsp3) is 0.294. The second-order valence-electron chi connectivity index (χ2n) is 5.67. The number of carbonyl (C=O) groups excluding carboxylic acids is 2. The standard InChI is InChI=1S/C17H19N3O2.ClH/c1-11(21)15-6-16(20(2)10-15)17(22)19-7-12-3-4-13-8-18-9-14(13)5-12;/h3-6,10,18H,7-9H2,1-2H3,(H,19,22);1H. The molecule has 2 heterocycles. The highest BCUT2D eigenvalue weighted by molar-refractivity contribution is 5.99. The molecule has 0 unspecified atom stereocenters. The summed E-state index contributed by atoms with van der Waals surface area (Å²) in [6.07, 6.45) is 1.68. The molecule has 3 rings (SSSR count). The average molecular weight is 334 g/mol. The summed E-state index contributed by atoms with van der Waals surface area (Å²) in [4.78, 5) is 23.6. The summed E-state index contributed by atoms with van der Waals surface area (Å²) in [6, 6.07) is 7.90. The molecule has 0 atom stereocenters. The third-order valence-electron chi connectivity index (χ3n) is 4.00. The van der Waals surface area contributed by atoms with Gasteiger partial charge in [-0.25, -0.2) is 0 Å². The van der Waals surface area contributed by atoms with Gasteiger partial charge in [-0.2, -0.15) is 0 Å². The van der Waals surface area contributed by atoms with E-state index >= 15 is 0 Å². The van der Waals surface area contributed by atoms with Gasteiger partial charge in [0.25, 0.3) is 5.91 Å². The van der Waals surface area contributed by atoms with Crippen LogP contribution in [-0.2, 0) is 26.7 Å². The van der Waals surface area contributed by atoms with Crippen LogP contribution in [-0.4, -0.2) is 16.3 Å². The highest BCUT2D eigenvalue weighted by atomic mass is 35.5. The maximum absolute atomic E-state index is 12.3. The van der Waals surface area contributed by atoms with Crippen LogP contribution < -0.4 is 10.6 Å². The quantitative estimate of drug-likeness (QED) is 0.843. The number of halogens is 1. The van der Waals surface area contributed by atoms with E-state index in [1.54, 1.807) is 23.9 Å². The number of nitrogens with zero attached hydrogens (tertiary/aromatic N) is 1. The van der Waals surface area contributed by atoms with Gasteiger partial charge in [0.05, 0.1) is 0 Å². The van der Waals surface area contributed by atoms with E-state index in [0.29, 0.717) is 17.8 Å². The lowest BCUT2D eigenvalue weighted by molar-refractivity contribution is 0.0942. The van der Waals surface area contributed by atoms with Gasteiger partial charge in [-0.05, 0) is 29.7 Å². The highest BCUT2D eigenvalue weighted by Crippen LogP contribution is 2.17. The predicted molar refractivity (Wildman–Crippen MR) is 90.8 cm³/mol. The van der Waals surface area contributed by atoms with E-state index in [-0.39, 0.29) is 24.1 Å². The van der Waals surface area contributed by atoms with E-state index in [9.17, 15) is 9.59 Å². The van der Waals surface area contributed by atoms with Crippen molar-refractivity contribution in [2.24, 2.45) is 7.05 Å². The first-order valence-electron chi connectivity index (χ1n) is 7.31. The smallest absolute Gasteiger partial charge is 0.268 e. The summed E-state index contributed by atoms with van der Waals surface area (Å²) in [5.41, 5.74) is 4.74. The molecule has 1 amide bonds. The van der Waals surface area contributed by atoms with Crippen LogP contribution in [0.25, 0.3) is 0 Å². The van der Waals surface area contributed by atoms with Crippen LogP contribution in [0.2, 0.25) is 0 Å². The Morgan fingerprint density at radius 2 is 1.96 bits per heavy atom. The van der Waals surface area contributed by atoms with E-state index in [1.807, 2.05) is 6.07 Å². The topological polar surface area (TPSA) is 63.1 Å². The van der Waals surface area contributed by atoms with Crippen molar-refractivity contribution in [1.29, 1.82) is 0 Å². The number of nitrogens with one attached hydrogen (secondary N) is 2. The first kappa shape index (κ1) is 17.2. The Hall–Kier alpha value is -2.11. The highest BCUT2D eigenvalue weighted by Gasteiger charge is 2.14. The normalized spacial score (nSPS) is 12.4. The number of benzene rings is 1. The van der Waals surface area contributed by atoms with Crippen LogP contribution in [0.5, 0.6) is 0 Å². The third kappa shape index (κ3) is 3.63. The zero-order valence-electron chi connectivity index (χ0n) is 13.2. The number of aryl methyl sites for hydroxylation is 1. The summed E-state index contributed by atoms with van der Waals surface area (Å²) in [7, 11) is 1.77. The minimum atomic E-state index is -0.173. The Morgan fingerprint density at radius 3 is 2.65 bits per heavy atom. The minimum absolute atomic E-state index is 0. The van der Waals surface area contributed by atoms with Gasteiger partial charge < -0.3 is 15.2 Å². The molecule has 23 heavy (non-hydrogen) atoms. The number of ketones is 1. The Morgan fingerprint density at radius 1 is 1.22 bits per heavy atom. The van der Waals surface area contributed by atoms with Gasteiger partial charge in [-0.1, -0.05) is 18.2 Å². The lowest BCUT2D eigenvalue weighted by Crippen LogP contribution is -2.24. The second-order valence-corrected chi connectivity index (χ2v) is 5.67. The lowest BCUT2D eigenvalue weighted by atomic mass is 10.1. The summed E-state index contributed by atoms with van der Waals surface area (Å²) >= 11 is 0.